The lowest BCUT2D eigenvalue weighted by atomic mass is 9.52. The molecule has 2 aliphatic carbocycles. The number of fused-ring (bicyclic) bond motifs is 3. The summed E-state index contributed by atoms with van der Waals surface area (Å²) in [5.74, 6) is 0.973. The van der Waals surface area contributed by atoms with Gasteiger partial charge >= 0.3 is 0 Å². The highest BCUT2D eigenvalue weighted by Crippen LogP contribution is 2.55. The molecule has 3 atom stereocenters. The zero-order valence-electron chi connectivity index (χ0n) is 10.3. The van der Waals surface area contributed by atoms with Gasteiger partial charge in [0.25, 0.3) is 0 Å². The van der Waals surface area contributed by atoms with Gasteiger partial charge in [-0.05, 0) is 43.2 Å². The van der Waals surface area contributed by atoms with Gasteiger partial charge in [-0.2, -0.15) is 0 Å². The second-order valence-corrected chi connectivity index (χ2v) is 5.97. The van der Waals surface area contributed by atoms with E-state index in [2.05, 4.69) is 6.07 Å². The molecule has 0 aliphatic heterocycles. The Balaban J connectivity index is 2.03. The van der Waals surface area contributed by atoms with Gasteiger partial charge in [0.2, 0.25) is 0 Å². The number of hydrogen-bond donors (Lipinski definition) is 1. The quantitative estimate of drug-likeness (QED) is 0.803. The molecule has 2 heteroatoms. The zero-order valence-corrected chi connectivity index (χ0v) is 10.3. The lowest BCUT2D eigenvalue weighted by Gasteiger charge is -2.52. The molecule has 0 aromatic heterocycles. The van der Waals surface area contributed by atoms with Crippen LogP contribution in [-0.2, 0) is 11.2 Å². The number of carbonyl (C=O) groups excluding carboxylic acids is 1. The Labute approximate surface area is 102 Å². The Hall–Kier alpha value is -1.15. The first-order chi connectivity index (χ1) is 7.98. The van der Waals surface area contributed by atoms with Gasteiger partial charge in [0.1, 0.15) is 5.78 Å². The van der Waals surface area contributed by atoms with Gasteiger partial charge in [0, 0.05) is 12.3 Å². The van der Waals surface area contributed by atoms with Crippen molar-refractivity contribution in [2.45, 2.75) is 38.2 Å². The van der Waals surface area contributed by atoms with Crippen molar-refractivity contribution in [3.8, 4) is 0 Å². The molecule has 1 aromatic rings. The van der Waals surface area contributed by atoms with Crippen LogP contribution in [0.3, 0.4) is 0 Å². The van der Waals surface area contributed by atoms with Crippen LogP contribution in [0, 0.1) is 11.8 Å². The van der Waals surface area contributed by atoms with E-state index in [1.165, 1.54) is 5.56 Å². The van der Waals surface area contributed by atoms with E-state index in [4.69, 9.17) is 0 Å². The molecular weight excluding hydrogens is 212 g/mol. The van der Waals surface area contributed by atoms with E-state index in [9.17, 15) is 9.90 Å². The molecule has 0 saturated heterocycles. The minimum absolute atomic E-state index is 0.154. The summed E-state index contributed by atoms with van der Waals surface area (Å²) in [6.45, 7) is 3.71. The van der Waals surface area contributed by atoms with Crippen molar-refractivity contribution < 1.29 is 9.90 Å². The molecule has 2 nitrogen and oxygen atoms in total. The first-order valence-electron chi connectivity index (χ1n) is 6.31. The summed E-state index contributed by atoms with van der Waals surface area (Å²) >= 11 is 0. The minimum atomic E-state index is -0.689. The third-order valence-electron chi connectivity index (χ3n) is 4.47. The average Bonchev–Trinajstić information content (AvgIpc) is 2.15. The van der Waals surface area contributed by atoms with E-state index in [0.29, 0.717) is 12.2 Å². The predicted octanol–water partition coefficient (Wildman–Crippen LogP) is 2.30. The molecular formula is C15H18O2. The molecule has 0 radical (unpaired) electrons. The molecule has 1 saturated carbocycles. The lowest BCUT2D eigenvalue weighted by molar-refractivity contribution is -0.135. The molecule has 1 N–H and O–H groups in total. The summed E-state index contributed by atoms with van der Waals surface area (Å²) < 4.78 is 0. The summed E-state index contributed by atoms with van der Waals surface area (Å²) in [5, 5.41) is 10.2. The number of aliphatic hydroxyl groups is 1. The topological polar surface area (TPSA) is 37.3 Å². The second kappa shape index (κ2) is 3.42. The monoisotopic (exact) mass is 230 g/mol. The van der Waals surface area contributed by atoms with Gasteiger partial charge < -0.3 is 5.11 Å². The number of hydrogen-bond acceptors (Lipinski definition) is 2. The SMILES string of the molecule is CC(C)(O)C1CC2C(=O)Cc3ccccc3C21. The maximum absolute atomic E-state index is 12.0. The zero-order chi connectivity index (χ0) is 12.2. The smallest absolute Gasteiger partial charge is 0.140 e. The molecule has 0 amide bonds. The number of ketones is 1. The molecule has 0 spiro atoms. The fourth-order valence-corrected chi connectivity index (χ4v) is 3.48. The van der Waals surface area contributed by atoms with Crippen LogP contribution in [0.5, 0.6) is 0 Å². The van der Waals surface area contributed by atoms with E-state index < -0.39 is 5.60 Å². The van der Waals surface area contributed by atoms with Crippen LogP contribution in [0.1, 0.15) is 37.3 Å². The third-order valence-corrected chi connectivity index (χ3v) is 4.47. The molecule has 1 fully saturated rings. The Bertz CT molecular complexity index is 470. The van der Waals surface area contributed by atoms with Crippen LogP contribution in [0.2, 0.25) is 0 Å². The molecule has 0 bridgehead atoms. The first-order valence-corrected chi connectivity index (χ1v) is 6.31. The van der Waals surface area contributed by atoms with Crippen LogP contribution in [-0.4, -0.2) is 16.5 Å². The van der Waals surface area contributed by atoms with Crippen molar-refractivity contribution in [2.24, 2.45) is 11.8 Å². The Morgan fingerprint density at radius 3 is 2.71 bits per heavy atom. The van der Waals surface area contributed by atoms with Crippen molar-refractivity contribution in [3.63, 3.8) is 0 Å². The molecule has 2 aliphatic rings. The molecule has 3 unspecified atom stereocenters. The van der Waals surface area contributed by atoms with Gasteiger partial charge in [0.15, 0.2) is 0 Å². The minimum Gasteiger partial charge on any atom is -0.390 e. The number of benzene rings is 1. The summed E-state index contributed by atoms with van der Waals surface area (Å²) in [4.78, 5) is 12.0. The summed E-state index contributed by atoms with van der Waals surface area (Å²) in [5.41, 5.74) is 1.76. The number of rotatable bonds is 1. The lowest BCUT2D eigenvalue weighted by Crippen LogP contribution is -2.52. The highest BCUT2D eigenvalue weighted by atomic mass is 16.3. The van der Waals surface area contributed by atoms with Crippen LogP contribution >= 0.6 is 0 Å². The van der Waals surface area contributed by atoms with Crippen molar-refractivity contribution >= 4 is 5.78 Å². The van der Waals surface area contributed by atoms with Gasteiger partial charge in [0.05, 0.1) is 5.60 Å². The molecule has 3 rings (SSSR count). The maximum atomic E-state index is 12.0. The van der Waals surface area contributed by atoms with E-state index in [-0.39, 0.29) is 17.8 Å². The van der Waals surface area contributed by atoms with Crippen molar-refractivity contribution in [1.29, 1.82) is 0 Å². The van der Waals surface area contributed by atoms with Gasteiger partial charge in [-0.15, -0.1) is 0 Å². The largest absolute Gasteiger partial charge is 0.390 e. The molecule has 0 heterocycles. The standard InChI is InChI=1S/C15H18O2/c1-15(2,17)12-8-11-13(16)7-9-5-3-4-6-10(9)14(11)12/h3-6,11-12,14,17H,7-8H2,1-2H3. The average molecular weight is 230 g/mol. The first kappa shape index (κ1) is 11.0. The van der Waals surface area contributed by atoms with Crippen LogP contribution in [0.25, 0.3) is 0 Å². The van der Waals surface area contributed by atoms with Gasteiger partial charge in [-0.1, -0.05) is 24.3 Å². The second-order valence-electron chi connectivity index (χ2n) is 5.97. The number of Topliss-reactive ketones (excluding diaryl/α,β-unsaturated/α-hetero) is 1. The van der Waals surface area contributed by atoms with Gasteiger partial charge in [-0.3, -0.25) is 4.79 Å². The van der Waals surface area contributed by atoms with Crippen molar-refractivity contribution in [2.75, 3.05) is 0 Å². The Morgan fingerprint density at radius 1 is 1.29 bits per heavy atom. The van der Waals surface area contributed by atoms with Crippen LogP contribution < -0.4 is 0 Å². The molecule has 1 aromatic carbocycles. The van der Waals surface area contributed by atoms with E-state index >= 15 is 0 Å². The van der Waals surface area contributed by atoms with E-state index in [0.717, 1.165) is 12.0 Å². The summed E-state index contributed by atoms with van der Waals surface area (Å²) in [6.07, 6.45) is 1.43. The molecule has 90 valence electrons. The van der Waals surface area contributed by atoms with E-state index in [1.807, 2.05) is 32.0 Å². The molecule has 17 heavy (non-hydrogen) atoms. The third kappa shape index (κ3) is 1.54. The fraction of sp³-hybridized carbons (Fsp3) is 0.533. The van der Waals surface area contributed by atoms with Crippen LogP contribution in [0.15, 0.2) is 24.3 Å². The Kier molecular flexibility index (Phi) is 2.21. The normalized spacial score (nSPS) is 31.5. The van der Waals surface area contributed by atoms with E-state index in [1.54, 1.807) is 0 Å². The van der Waals surface area contributed by atoms with Crippen molar-refractivity contribution in [3.05, 3.63) is 35.4 Å². The summed E-state index contributed by atoms with van der Waals surface area (Å²) in [7, 11) is 0. The number of carbonyl (C=O) groups is 1. The van der Waals surface area contributed by atoms with Crippen molar-refractivity contribution in [1.82, 2.24) is 0 Å². The Morgan fingerprint density at radius 2 is 2.00 bits per heavy atom. The maximum Gasteiger partial charge on any atom is 0.140 e. The summed E-state index contributed by atoms with van der Waals surface area (Å²) in [6, 6.07) is 8.19. The van der Waals surface area contributed by atoms with Crippen LogP contribution in [0.4, 0.5) is 0 Å². The predicted molar refractivity (Wildman–Crippen MR) is 65.8 cm³/mol. The fourth-order valence-electron chi connectivity index (χ4n) is 3.48. The highest BCUT2D eigenvalue weighted by Gasteiger charge is 2.53. The van der Waals surface area contributed by atoms with Gasteiger partial charge in [-0.25, -0.2) is 0 Å². The highest BCUT2D eigenvalue weighted by molar-refractivity contribution is 5.88.